The molecule has 0 bridgehead atoms. The first kappa shape index (κ1) is 28.4. The van der Waals surface area contributed by atoms with Crippen LogP contribution in [0.15, 0.2) is 66.7 Å². The van der Waals surface area contributed by atoms with Crippen LogP contribution in [0.5, 0.6) is 0 Å². The molecule has 0 aliphatic carbocycles. The number of ether oxygens (including phenoxy) is 1. The number of hydrogen-bond donors (Lipinski definition) is 0. The molecule has 0 spiro atoms. The molecule has 1 heterocycles. The smallest absolute Gasteiger partial charge is 0.369 e. The third kappa shape index (κ3) is 7.26. The number of hydrogen-bond acceptors (Lipinski definition) is 3. The SMILES string of the molecule is O=C(c1cc(C(F)(F)F)ccc1F)N1CCN(CCCOC(c2ccc(Cl)cc2)c2ccc(Cl)cc2)CC1. The molecule has 202 valence electrons. The molecule has 1 amide bonds. The average Bonchev–Trinajstić information content (AvgIpc) is 2.90. The minimum absolute atomic E-state index is 0.290. The topological polar surface area (TPSA) is 32.8 Å². The molecular weight excluding hydrogens is 543 g/mol. The molecule has 1 aliphatic heterocycles. The van der Waals surface area contributed by atoms with Crippen molar-refractivity contribution < 1.29 is 27.1 Å². The van der Waals surface area contributed by atoms with E-state index < -0.39 is 29.0 Å². The molecular formula is C28H26Cl2F4N2O2. The Morgan fingerprint density at radius 1 is 0.868 bits per heavy atom. The number of carbonyl (C=O) groups is 1. The maximum absolute atomic E-state index is 14.1. The molecule has 1 saturated heterocycles. The Labute approximate surface area is 228 Å². The van der Waals surface area contributed by atoms with Crippen LogP contribution >= 0.6 is 23.2 Å². The van der Waals surface area contributed by atoms with E-state index in [0.29, 0.717) is 67.6 Å². The number of rotatable bonds is 8. The lowest BCUT2D eigenvalue weighted by Crippen LogP contribution is -2.49. The fraction of sp³-hybridized carbons (Fsp3) is 0.321. The molecule has 0 atom stereocenters. The molecule has 1 fully saturated rings. The Morgan fingerprint density at radius 2 is 1.42 bits per heavy atom. The average molecular weight is 569 g/mol. The minimum atomic E-state index is -4.65. The summed E-state index contributed by atoms with van der Waals surface area (Å²) < 4.78 is 59.4. The molecule has 4 nitrogen and oxygen atoms in total. The molecule has 10 heteroatoms. The summed E-state index contributed by atoms with van der Waals surface area (Å²) in [4.78, 5) is 16.3. The number of carbonyl (C=O) groups excluding carboxylic acids is 1. The lowest BCUT2D eigenvalue weighted by molar-refractivity contribution is -0.137. The van der Waals surface area contributed by atoms with Crippen molar-refractivity contribution in [3.63, 3.8) is 0 Å². The Kier molecular flexibility index (Phi) is 9.31. The van der Waals surface area contributed by atoms with Gasteiger partial charge in [0.1, 0.15) is 11.9 Å². The minimum Gasteiger partial charge on any atom is -0.369 e. The summed E-state index contributed by atoms with van der Waals surface area (Å²) in [5.41, 5.74) is 0.324. The van der Waals surface area contributed by atoms with Gasteiger partial charge in [-0.05, 0) is 60.0 Å². The predicted octanol–water partition coefficient (Wildman–Crippen LogP) is 7.11. The Balaban J connectivity index is 1.29. The van der Waals surface area contributed by atoms with Gasteiger partial charge < -0.3 is 9.64 Å². The third-order valence-electron chi connectivity index (χ3n) is 6.43. The standard InChI is InChI=1S/C28H26Cl2F4N2O2/c29-22-7-2-19(3-8-22)26(20-4-9-23(30)10-5-20)38-17-1-12-35-13-15-36(16-14-35)27(37)24-18-21(28(32,33)34)6-11-25(24)31/h2-11,18,26H,1,12-17H2. The van der Waals surface area contributed by atoms with E-state index >= 15 is 0 Å². The zero-order chi connectivity index (χ0) is 27.3. The summed E-state index contributed by atoms with van der Waals surface area (Å²) in [6, 6.07) is 16.9. The second kappa shape index (κ2) is 12.5. The second-order valence-electron chi connectivity index (χ2n) is 9.03. The van der Waals surface area contributed by atoms with Crippen molar-refractivity contribution >= 4 is 29.1 Å². The highest BCUT2D eigenvalue weighted by atomic mass is 35.5. The van der Waals surface area contributed by atoms with Gasteiger partial charge in [0.15, 0.2) is 0 Å². The van der Waals surface area contributed by atoms with Gasteiger partial charge in [0.25, 0.3) is 5.91 Å². The number of amides is 1. The lowest BCUT2D eigenvalue weighted by Gasteiger charge is -2.35. The fourth-order valence-corrected chi connectivity index (χ4v) is 4.61. The Morgan fingerprint density at radius 3 is 1.95 bits per heavy atom. The van der Waals surface area contributed by atoms with E-state index in [2.05, 4.69) is 4.90 Å². The van der Waals surface area contributed by atoms with Gasteiger partial charge in [-0.1, -0.05) is 47.5 Å². The van der Waals surface area contributed by atoms with E-state index in [0.717, 1.165) is 17.5 Å². The molecule has 3 aromatic rings. The second-order valence-corrected chi connectivity index (χ2v) is 9.91. The zero-order valence-corrected chi connectivity index (χ0v) is 21.9. The maximum Gasteiger partial charge on any atom is 0.416 e. The largest absolute Gasteiger partial charge is 0.416 e. The summed E-state index contributed by atoms with van der Waals surface area (Å²) in [5, 5.41) is 1.27. The maximum atomic E-state index is 14.1. The number of benzene rings is 3. The first-order chi connectivity index (χ1) is 18.1. The van der Waals surface area contributed by atoms with Crippen LogP contribution in [-0.4, -0.2) is 55.0 Å². The molecule has 38 heavy (non-hydrogen) atoms. The van der Waals surface area contributed by atoms with Crippen LogP contribution in [0.1, 0.15) is 39.6 Å². The number of nitrogens with zero attached hydrogens (tertiary/aromatic N) is 2. The van der Waals surface area contributed by atoms with Crippen molar-refractivity contribution in [3.8, 4) is 0 Å². The van der Waals surface area contributed by atoms with Crippen molar-refractivity contribution in [2.24, 2.45) is 0 Å². The predicted molar refractivity (Wildman–Crippen MR) is 139 cm³/mol. The van der Waals surface area contributed by atoms with Gasteiger partial charge in [-0.15, -0.1) is 0 Å². The number of halogens is 6. The van der Waals surface area contributed by atoms with Crippen molar-refractivity contribution in [1.29, 1.82) is 0 Å². The van der Waals surface area contributed by atoms with Gasteiger partial charge >= 0.3 is 6.18 Å². The monoisotopic (exact) mass is 568 g/mol. The van der Waals surface area contributed by atoms with Crippen LogP contribution in [0.25, 0.3) is 0 Å². The normalized spacial score (nSPS) is 14.8. The first-order valence-corrected chi connectivity index (χ1v) is 12.9. The zero-order valence-electron chi connectivity index (χ0n) is 20.4. The summed E-state index contributed by atoms with van der Waals surface area (Å²) in [7, 11) is 0. The summed E-state index contributed by atoms with van der Waals surface area (Å²) in [6.07, 6.45) is -4.21. The van der Waals surface area contributed by atoms with Gasteiger partial charge in [-0.2, -0.15) is 13.2 Å². The van der Waals surface area contributed by atoms with Crippen LogP contribution in [0.2, 0.25) is 10.0 Å². The van der Waals surface area contributed by atoms with E-state index in [1.54, 1.807) is 0 Å². The van der Waals surface area contributed by atoms with Crippen molar-refractivity contribution in [2.75, 3.05) is 39.3 Å². The Bertz CT molecular complexity index is 1180. The lowest BCUT2D eigenvalue weighted by atomic mass is 10.0. The van der Waals surface area contributed by atoms with Crippen molar-refractivity contribution in [3.05, 3.63) is 105 Å². The van der Waals surface area contributed by atoms with E-state index in [1.807, 2.05) is 48.5 Å². The van der Waals surface area contributed by atoms with Gasteiger partial charge in [-0.25, -0.2) is 4.39 Å². The number of alkyl halides is 3. The molecule has 3 aromatic carbocycles. The van der Waals surface area contributed by atoms with Crippen molar-refractivity contribution in [1.82, 2.24) is 9.80 Å². The number of piperazine rings is 1. The van der Waals surface area contributed by atoms with E-state index in [4.69, 9.17) is 27.9 Å². The molecule has 0 saturated carbocycles. The Hall–Kier alpha value is -2.65. The molecule has 0 aromatic heterocycles. The van der Waals surface area contributed by atoms with E-state index in [1.165, 1.54) is 4.90 Å². The van der Waals surface area contributed by atoms with E-state index in [9.17, 15) is 22.4 Å². The van der Waals surface area contributed by atoms with Crippen molar-refractivity contribution in [2.45, 2.75) is 18.7 Å². The fourth-order valence-electron chi connectivity index (χ4n) is 4.36. The molecule has 0 unspecified atom stereocenters. The van der Waals surface area contributed by atoms with Gasteiger partial charge in [-0.3, -0.25) is 9.69 Å². The summed E-state index contributed by atoms with van der Waals surface area (Å²) in [6.45, 7) is 2.85. The van der Waals surface area contributed by atoms with Crippen LogP contribution in [0.4, 0.5) is 17.6 Å². The molecule has 1 aliphatic rings. The van der Waals surface area contributed by atoms with E-state index in [-0.39, 0.29) is 6.10 Å². The third-order valence-corrected chi connectivity index (χ3v) is 6.94. The summed E-state index contributed by atoms with van der Waals surface area (Å²) in [5.74, 6) is -1.69. The molecule has 4 rings (SSSR count). The highest BCUT2D eigenvalue weighted by molar-refractivity contribution is 6.30. The molecule has 0 N–H and O–H groups in total. The van der Waals surface area contributed by atoms with Crippen LogP contribution in [0.3, 0.4) is 0 Å². The van der Waals surface area contributed by atoms with Gasteiger partial charge in [0, 0.05) is 49.4 Å². The first-order valence-electron chi connectivity index (χ1n) is 12.1. The van der Waals surface area contributed by atoms with Crippen LogP contribution in [0, 0.1) is 5.82 Å². The van der Waals surface area contributed by atoms with Gasteiger partial charge in [0.05, 0.1) is 11.1 Å². The summed E-state index contributed by atoms with van der Waals surface area (Å²) >= 11 is 12.1. The molecule has 0 radical (unpaired) electrons. The highest BCUT2D eigenvalue weighted by Gasteiger charge is 2.33. The quantitative estimate of drug-likeness (QED) is 0.214. The van der Waals surface area contributed by atoms with Crippen LogP contribution in [-0.2, 0) is 10.9 Å². The van der Waals surface area contributed by atoms with Gasteiger partial charge in [0.2, 0.25) is 0 Å². The van der Waals surface area contributed by atoms with Crippen LogP contribution < -0.4 is 0 Å². The highest BCUT2D eigenvalue weighted by Crippen LogP contribution is 2.31.